The summed E-state index contributed by atoms with van der Waals surface area (Å²) in [7, 11) is 1.57. The van der Waals surface area contributed by atoms with Gasteiger partial charge in [-0.05, 0) is 12.1 Å². The first-order chi connectivity index (χ1) is 11.2. The number of anilines is 1. The van der Waals surface area contributed by atoms with Gasteiger partial charge in [-0.15, -0.1) is 0 Å². The number of nitrogens with zero attached hydrogens (tertiary/aromatic N) is 1. The highest BCUT2D eigenvalue weighted by Crippen LogP contribution is 2.23. The van der Waals surface area contributed by atoms with Gasteiger partial charge >= 0.3 is 0 Å². The van der Waals surface area contributed by atoms with E-state index < -0.39 is 0 Å². The zero-order valence-corrected chi connectivity index (χ0v) is 14.2. The third kappa shape index (κ3) is 5.76. The first-order valence-electron chi connectivity index (χ1n) is 7.70. The molecule has 1 heterocycles. The average Bonchev–Trinajstić information content (AvgIpc) is 2.59. The minimum absolute atomic E-state index is 0.0888. The molecule has 0 atom stereocenters. The Bertz CT molecular complexity index is 533. The number of methoxy groups -OCH3 is 1. The van der Waals surface area contributed by atoms with Crippen molar-refractivity contribution in [2.75, 3.05) is 50.1 Å². The number of thioether (sulfide) groups is 1. The third-order valence-electron chi connectivity index (χ3n) is 3.54. The summed E-state index contributed by atoms with van der Waals surface area (Å²) in [5, 5.41) is 6.05. The summed E-state index contributed by atoms with van der Waals surface area (Å²) in [4.78, 5) is 25.8. The molecule has 0 aromatic heterocycles. The van der Waals surface area contributed by atoms with Crippen molar-refractivity contribution in [3.63, 3.8) is 0 Å². The molecule has 1 aromatic carbocycles. The average molecular weight is 337 g/mol. The van der Waals surface area contributed by atoms with Gasteiger partial charge in [0.15, 0.2) is 0 Å². The zero-order valence-electron chi connectivity index (χ0n) is 13.3. The minimum atomic E-state index is -0.0888. The van der Waals surface area contributed by atoms with Crippen molar-refractivity contribution in [1.29, 1.82) is 0 Å². The summed E-state index contributed by atoms with van der Waals surface area (Å²) in [5.74, 6) is 1.70. The molecule has 2 N–H and O–H groups in total. The van der Waals surface area contributed by atoms with Crippen LogP contribution in [0.15, 0.2) is 24.3 Å². The quantitative estimate of drug-likeness (QED) is 0.732. The van der Waals surface area contributed by atoms with Gasteiger partial charge in [0.05, 0.1) is 18.6 Å². The topological polar surface area (TPSA) is 70.7 Å². The second kappa shape index (κ2) is 9.42. The lowest BCUT2D eigenvalue weighted by Gasteiger charge is -2.27. The lowest BCUT2D eigenvalue weighted by molar-refractivity contribution is -0.131. The largest absolute Gasteiger partial charge is 0.495 e. The number of benzene rings is 1. The third-order valence-corrected chi connectivity index (χ3v) is 4.50. The zero-order chi connectivity index (χ0) is 16.5. The van der Waals surface area contributed by atoms with Gasteiger partial charge in [0.25, 0.3) is 0 Å². The molecule has 0 saturated carbocycles. The van der Waals surface area contributed by atoms with E-state index in [1.165, 1.54) is 11.8 Å². The molecule has 0 unspecified atom stereocenters. The number of rotatable bonds is 7. The maximum Gasteiger partial charge on any atom is 0.234 e. The van der Waals surface area contributed by atoms with E-state index in [-0.39, 0.29) is 11.8 Å². The van der Waals surface area contributed by atoms with Gasteiger partial charge in [-0.25, -0.2) is 0 Å². The van der Waals surface area contributed by atoms with E-state index in [1.807, 2.05) is 17.0 Å². The predicted octanol–water partition coefficient (Wildman–Crippen LogP) is 1.19. The van der Waals surface area contributed by atoms with Gasteiger partial charge < -0.3 is 20.3 Å². The maximum atomic E-state index is 12.0. The monoisotopic (exact) mass is 337 g/mol. The number of nitrogens with one attached hydrogen (secondary N) is 2. The summed E-state index contributed by atoms with van der Waals surface area (Å²) in [5.41, 5.74) is 0.664. The molecule has 23 heavy (non-hydrogen) atoms. The van der Waals surface area contributed by atoms with Crippen LogP contribution in [0.3, 0.4) is 0 Å². The highest BCUT2D eigenvalue weighted by Gasteiger charge is 2.15. The number of hydrogen-bond acceptors (Lipinski definition) is 5. The van der Waals surface area contributed by atoms with E-state index >= 15 is 0 Å². The van der Waals surface area contributed by atoms with Gasteiger partial charge in [0, 0.05) is 38.4 Å². The normalized spacial score (nSPS) is 14.4. The van der Waals surface area contributed by atoms with Crippen LogP contribution in [0.4, 0.5) is 5.69 Å². The number of carbonyl (C=O) groups excluding carboxylic acids is 2. The molecule has 2 rings (SSSR count). The molecule has 1 aliphatic rings. The molecule has 1 fully saturated rings. The molecule has 2 amide bonds. The van der Waals surface area contributed by atoms with Crippen LogP contribution in [-0.2, 0) is 9.59 Å². The minimum Gasteiger partial charge on any atom is -0.495 e. The smallest absolute Gasteiger partial charge is 0.234 e. The number of ether oxygens (including phenoxy) is 1. The second-order valence-corrected chi connectivity index (χ2v) is 6.29. The fourth-order valence-corrected chi connectivity index (χ4v) is 3.05. The number of para-hydroxylation sites is 2. The molecule has 1 aliphatic heterocycles. The van der Waals surface area contributed by atoms with Gasteiger partial charge in [0.1, 0.15) is 5.75 Å². The van der Waals surface area contributed by atoms with E-state index in [2.05, 4.69) is 10.6 Å². The summed E-state index contributed by atoms with van der Waals surface area (Å²) >= 11 is 1.47. The molecule has 126 valence electrons. The fraction of sp³-hybridized carbons (Fsp3) is 0.500. The molecular formula is C16H23N3O3S. The molecule has 0 aliphatic carbocycles. The van der Waals surface area contributed by atoms with Crippen LogP contribution < -0.4 is 15.4 Å². The Labute approximate surface area is 140 Å². The highest BCUT2D eigenvalue weighted by molar-refractivity contribution is 7.99. The fourth-order valence-electron chi connectivity index (χ4n) is 2.33. The summed E-state index contributed by atoms with van der Waals surface area (Å²) in [6, 6.07) is 7.30. The number of hydrogen-bond donors (Lipinski definition) is 2. The summed E-state index contributed by atoms with van der Waals surface area (Å²) in [6.45, 7) is 3.27. The van der Waals surface area contributed by atoms with E-state index in [4.69, 9.17) is 4.74 Å². The molecule has 6 nitrogen and oxygen atoms in total. The summed E-state index contributed by atoms with van der Waals surface area (Å²) in [6.07, 6.45) is 0.479. The maximum absolute atomic E-state index is 12.0. The van der Waals surface area contributed by atoms with Crippen LogP contribution >= 0.6 is 11.8 Å². The summed E-state index contributed by atoms with van der Waals surface area (Å²) < 4.78 is 5.19. The van der Waals surface area contributed by atoms with Crippen molar-refractivity contribution in [1.82, 2.24) is 10.2 Å². The highest BCUT2D eigenvalue weighted by atomic mass is 32.2. The number of amides is 2. The van der Waals surface area contributed by atoms with E-state index in [1.54, 1.807) is 19.2 Å². The van der Waals surface area contributed by atoms with Crippen molar-refractivity contribution >= 4 is 29.3 Å². The Balaban J connectivity index is 1.65. The van der Waals surface area contributed by atoms with Crippen molar-refractivity contribution in [3.05, 3.63) is 24.3 Å². The van der Waals surface area contributed by atoms with Gasteiger partial charge in [0.2, 0.25) is 11.8 Å². The molecule has 0 bridgehead atoms. The van der Waals surface area contributed by atoms with Crippen LogP contribution in [0.2, 0.25) is 0 Å². The van der Waals surface area contributed by atoms with Crippen LogP contribution in [0, 0.1) is 0 Å². The van der Waals surface area contributed by atoms with E-state index in [0.717, 1.165) is 26.2 Å². The molecule has 0 radical (unpaired) electrons. The molecule has 0 spiro atoms. The van der Waals surface area contributed by atoms with Crippen molar-refractivity contribution in [2.24, 2.45) is 0 Å². The van der Waals surface area contributed by atoms with E-state index in [9.17, 15) is 9.59 Å². The van der Waals surface area contributed by atoms with Gasteiger partial charge in [-0.3, -0.25) is 9.59 Å². The predicted molar refractivity (Wildman–Crippen MR) is 93.0 cm³/mol. The van der Waals surface area contributed by atoms with Crippen LogP contribution in [-0.4, -0.2) is 61.5 Å². The van der Waals surface area contributed by atoms with Crippen molar-refractivity contribution in [3.8, 4) is 5.75 Å². The van der Waals surface area contributed by atoms with Crippen LogP contribution in [0.1, 0.15) is 6.42 Å². The first kappa shape index (κ1) is 17.6. The molecule has 7 heteroatoms. The molecule has 1 saturated heterocycles. The number of piperazine rings is 1. The van der Waals surface area contributed by atoms with Crippen LogP contribution in [0.25, 0.3) is 0 Å². The Kier molecular flexibility index (Phi) is 7.22. The Morgan fingerprint density at radius 2 is 2.04 bits per heavy atom. The number of carbonyl (C=O) groups is 2. The van der Waals surface area contributed by atoms with Crippen LogP contribution in [0.5, 0.6) is 5.75 Å². The second-order valence-electron chi connectivity index (χ2n) is 5.18. The Hall–Kier alpha value is -1.73. The van der Waals surface area contributed by atoms with E-state index in [0.29, 0.717) is 29.4 Å². The molecular weight excluding hydrogens is 314 g/mol. The van der Waals surface area contributed by atoms with Gasteiger partial charge in [-0.1, -0.05) is 12.1 Å². The Morgan fingerprint density at radius 1 is 1.30 bits per heavy atom. The lowest BCUT2D eigenvalue weighted by Crippen LogP contribution is -2.46. The SMILES string of the molecule is COc1ccccc1NC(=O)CSCCC(=O)N1CCNCC1. The van der Waals surface area contributed by atoms with Crippen molar-refractivity contribution in [2.45, 2.75) is 6.42 Å². The Morgan fingerprint density at radius 3 is 2.78 bits per heavy atom. The molecule has 1 aromatic rings. The van der Waals surface area contributed by atoms with Crippen molar-refractivity contribution < 1.29 is 14.3 Å². The lowest BCUT2D eigenvalue weighted by atomic mass is 10.3. The van der Waals surface area contributed by atoms with Gasteiger partial charge in [-0.2, -0.15) is 11.8 Å². The first-order valence-corrected chi connectivity index (χ1v) is 8.85. The standard InChI is InChI=1S/C16H23N3O3S/c1-22-14-5-3-2-4-13(14)18-15(20)12-23-11-6-16(21)19-9-7-17-8-10-19/h2-5,17H,6-12H2,1H3,(H,18,20).